The summed E-state index contributed by atoms with van der Waals surface area (Å²) in [5.41, 5.74) is 1.16. The number of phenolic OH excluding ortho intramolecular Hbond substituents is 1. The molecule has 0 aromatic heterocycles. The zero-order valence-corrected chi connectivity index (χ0v) is 18.3. The number of ether oxygens (including phenoxy) is 1. The van der Waals surface area contributed by atoms with Gasteiger partial charge in [-0.1, -0.05) is 82.0 Å². The molecule has 5 heteroatoms. The molecule has 0 bridgehead atoms. The van der Waals surface area contributed by atoms with Crippen LogP contribution in [-0.4, -0.2) is 17.7 Å². The first-order valence-corrected chi connectivity index (χ1v) is 10.9. The van der Waals surface area contributed by atoms with Crippen LogP contribution in [0.1, 0.15) is 56.3 Å². The Morgan fingerprint density at radius 2 is 1.65 bits per heavy atom. The van der Waals surface area contributed by atoms with E-state index in [9.17, 15) is 9.90 Å². The van der Waals surface area contributed by atoms with Crippen molar-refractivity contribution in [1.29, 1.82) is 0 Å². The number of hydrogen-bond donors (Lipinski definition) is 1. The topological polar surface area (TPSA) is 71.2 Å². The van der Waals surface area contributed by atoms with Gasteiger partial charge in [-0.15, -0.1) is 10.2 Å². The summed E-state index contributed by atoms with van der Waals surface area (Å²) in [7, 11) is 0. The Balaban J connectivity index is 1.65. The SMILES string of the molecule is CC(C)CCCCCCOC(=O)c1ccccc1/N=N/c1c(O)ccc2ccccc12. The van der Waals surface area contributed by atoms with Crippen molar-refractivity contribution in [3.63, 3.8) is 0 Å². The van der Waals surface area contributed by atoms with Crippen LogP contribution in [0.5, 0.6) is 5.75 Å². The molecule has 31 heavy (non-hydrogen) atoms. The number of rotatable bonds is 10. The average molecular weight is 419 g/mol. The van der Waals surface area contributed by atoms with E-state index in [1.807, 2.05) is 30.3 Å². The van der Waals surface area contributed by atoms with Crippen LogP contribution in [0.3, 0.4) is 0 Å². The van der Waals surface area contributed by atoms with Crippen LogP contribution in [0.25, 0.3) is 10.8 Å². The number of aromatic hydroxyl groups is 1. The number of carbonyl (C=O) groups is 1. The molecule has 5 nitrogen and oxygen atoms in total. The number of nitrogens with zero attached hydrogens (tertiary/aromatic N) is 2. The maximum Gasteiger partial charge on any atom is 0.340 e. The van der Waals surface area contributed by atoms with Gasteiger partial charge in [0.1, 0.15) is 17.1 Å². The summed E-state index contributed by atoms with van der Waals surface area (Å²) in [5.74, 6) is 0.373. The fourth-order valence-corrected chi connectivity index (χ4v) is 3.44. The molecule has 0 heterocycles. The zero-order chi connectivity index (χ0) is 22.1. The summed E-state index contributed by atoms with van der Waals surface area (Å²) in [4.78, 5) is 12.6. The van der Waals surface area contributed by atoms with Gasteiger partial charge in [0.2, 0.25) is 0 Å². The van der Waals surface area contributed by atoms with Gasteiger partial charge < -0.3 is 9.84 Å². The van der Waals surface area contributed by atoms with E-state index in [0.29, 0.717) is 23.5 Å². The van der Waals surface area contributed by atoms with Crippen LogP contribution in [0.15, 0.2) is 70.9 Å². The monoisotopic (exact) mass is 418 g/mol. The summed E-state index contributed by atoms with van der Waals surface area (Å²) in [6.45, 7) is 4.87. The van der Waals surface area contributed by atoms with Gasteiger partial charge in [0.15, 0.2) is 0 Å². The van der Waals surface area contributed by atoms with E-state index in [1.54, 1.807) is 30.3 Å². The number of carbonyl (C=O) groups excluding carboxylic acids is 1. The molecule has 162 valence electrons. The lowest BCUT2D eigenvalue weighted by Crippen LogP contribution is -2.06. The van der Waals surface area contributed by atoms with E-state index in [0.717, 1.165) is 36.0 Å². The van der Waals surface area contributed by atoms with Crippen molar-refractivity contribution < 1.29 is 14.6 Å². The van der Waals surface area contributed by atoms with Crippen LogP contribution >= 0.6 is 0 Å². The fraction of sp³-hybridized carbons (Fsp3) is 0.346. The summed E-state index contributed by atoms with van der Waals surface area (Å²) >= 11 is 0. The molecule has 0 amide bonds. The molecule has 0 saturated heterocycles. The third-order valence-electron chi connectivity index (χ3n) is 5.17. The van der Waals surface area contributed by atoms with Gasteiger partial charge in [0, 0.05) is 5.39 Å². The van der Waals surface area contributed by atoms with Gasteiger partial charge in [-0.25, -0.2) is 4.79 Å². The molecule has 3 aromatic rings. The first kappa shape index (κ1) is 22.5. The summed E-state index contributed by atoms with van der Waals surface area (Å²) in [6, 6.07) is 18.0. The second kappa shape index (κ2) is 11.3. The molecule has 0 spiro atoms. The fourth-order valence-electron chi connectivity index (χ4n) is 3.44. The van der Waals surface area contributed by atoms with Gasteiger partial charge in [0.05, 0.1) is 12.2 Å². The minimum Gasteiger partial charge on any atom is -0.506 e. The lowest BCUT2D eigenvalue weighted by molar-refractivity contribution is 0.0498. The van der Waals surface area contributed by atoms with Crippen molar-refractivity contribution in [2.24, 2.45) is 16.1 Å². The molecule has 3 rings (SSSR count). The summed E-state index contributed by atoms with van der Waals surface area (Å²) in [6.07, 6.45) is 5.54. The first-order valence-electron chi connectivity index (χ1n) is 10.9. The Kier molecular flexibility index (Phi) is 8.16. The highest BCUT2D eigenvalue weighted by molar-refractivity contribution is 5.96. The lowest BCUT2D eigenvalue weighted by atomic mass is 10.0. The molecule has 0 aliphatic rings. The van der Waals surface area contributed by atoms with E-state index >= 15 is 0 Å². The number of azo groups is 1. The van der Waals surface area contributed by atoms with E-state index < -0.39 is 5.97 Å². The molecule has 0 saturated carbocycles. The van der Waals surface area contributed by atoms with Gasteiger partial charge in [-0.3, -0.25) is 0 Å². The third-order valence-corrected chi connectivity index (χ3v) is 5.17. The van der Waals surface area contributed by atoms with E-state index in [2.05, 4.69) is 24.1 Å². The maximum atomic E-state index is 12.6. The number of phenols is 1. The molecule has 0 aliphatic carbocycles. The summed E-state index contributed by atoms with van der Waals surface area (Å²) in [5, 5.41) is 20.5. The van der Waals surface area contributed by atoms with Crippen molar-refractivity contribution >= 4 is 28.1 Å². The van der Waals surface area contributed by atoms with E-state index in [4.69, 9.17) is 4.74 Å². The van der Waals surface area contributed by atoms with Crippen LogP contribution in [0.2, 0.25) is 0 Å². The predicted molar refractivity (Wildman–Crippen MR) is 124 cm³/mol. The molecule has 0 aliphatic heterocycles. The van der Waals surface area contributed by atoms with Crippen molar-refractivity contribution in [3.05, 3.63) is 66.2 Å². The Labute approximate surface area is 183 Å². The average Bonchev–Trinajstić information content (AvgIpc) is 2.77. The standard InChI is InChI=1S/C26H30N2O3/c1-19(2)11-5-3-4-10-18-31-26(30)22-14-8-9-15-23(22)27-28-25-21-13-7-6-12-20(21)16-17-24(25)29/h6-9,12-17,19,29H,3-5,10-11,18H2,1-2H3/b28-27+. The first-order chi connectivity index (χ1) is 15.1. The molecule has 3 aromatic carbocycles. The quantitative estimate of drug-likeness (QED) is 0.208. The second-order valence-electron chi connectivity index (χ2n) is 8.10. The molecule has 0 fully saturated rings. The Bertz CT molecular complexity index is 1040. The number of esters is 1. The Hall–Kier alpha value is -3.21. The van der Waals surface area contributed by atoms with Crippen LogP contribution in [0, 0.1) is 5.92 Å². The Morgan fingerprint density at radius 1 is 0.903 bits per heavy atom. The highest BCUT2D eigenvalue weighted by atomic mass is 16.5. The van der Waals surface area contributed by atoms with E-state index in [-0.39, 0.29) is 5.75 Å². The largest absolute Gasteiger partial charge is 0.506 e. The van der Waals surface area contributed by atoms with Crippen molar-refractivity contribution in [2.75, 3.05) is 6.61 Å². The minimum atomic E-state index is -0.404. The molecule has 1 N–H and O–H groups in total. The number of benzene rings is 3. The molecule has 0 atom stereocenters. The molecule has 0 unspecified atom stereocenters. The maximum absolute atomic E-state index is 12.6. The summed E-state index contributed by atoms with van der Waals surface area (Å²) < 4.78 is 5.45. The highest BCUT2D eigenvalue weighted by Gasteiger charge is 2.13. The van der Waals surface area contributed by atoms with Crippen molar-refractivity contribution in [3.8, 4) is 5.75 Å². The third kappa shape index (κ3) is 6.38. The smallest absolute Gasteiger partial charge is 0.340 e. The van der Waals surface area contributed by atoms with Crippen molar-refractivity contribution in [2.45, 2.75) is 46.0 Å². The van der Waals surface area contributed by atoms with Gasteiger partial charge in [-0.2, -0.15) is 0 Å². The highest BCUT2D eigenvalue weighted by Crippen LogP contribution is 2.36. The predicted octanol–water partition coefficient (Wildman–Crippen LogP) is 7.72. The molecular weight excluding hydrogens is 388 g/mol. The lowest BCUT2D eigenvalue weighted by Gasteiger charge is -2.08. The van der Waals surface area contributed by atoms with Gasteiger partial charge in [0.25, 0.3) is 0 Å². The Morgan fingerprint density at radius 3 is 2.48 bits per heavy atom. The van der Waals surface area contributed by atoms with Crippen LogP contribution < -0.4 is 0 Å². The van der Waals surface area contributed by atoms with Gasteiger partial charge >= 0.3 is 5.97 Å². The van der Waals surface area contributed by atoms with Crippen LogP contribution in [0.4, 0.5) is 11.4 Å². The number of unbranched alkanes of at least 4 members (excludes halogenated alkanes) is 3. The van der Waals surface area contributed by atoms with Crippen molar-refractivity contribution in [1.82, 2.24) is 0 Å². The normalized spacial score (nSPS) is 11.5. The van der Waals surface area contributed by atoms with E-state index in [1.165, 1.54) is 12.8 Å². The molecule has 0 radical (unpaired) electrons. The minimum absolute atomic E-state index is 0.0416. The number of hydrogen-bond acceptors (Lipinski definition) is 5. The van der Waals surface area contributed by atoms with Gasteiger partial charge in [-0.05, 0) is 35.9 Å². The zero-order valence-electron chi connectivity index (χ0n) is 18.3. The van der Waals surface area contributed by atoms with Crippen LogP contribution in [-0.2, 0) is 4.74 Å². The second-order valence-corrected chi connectivity index (χ2v) is 8.10. The number of fused-ring (bicyclic) bond motifs is 1. The molecular formula is C26H30N2O3.